The SMILES string of the molecule is C1CCCCCC2=C(CCCC1)CC[Se]2. The van der Waals surface area contributed by atoms with Crippen LogP contribution in [0.4, 0.5) is 0 Å². The van der Waals surface area contributed by atoms with E-state index in [1.807, 2.05) is 10.0 Å². The second-order valence-electron chi connectivity index (χ2n) is 4.95. The molecule has 0 atom stereocenters. The molecule has 0 saturated heterocycles. The van der Waals surface area contributed by atoms with E-state index >= 15 is 0 Å². The van der Waals surface area contributed by atoms with Crippen LogP contribution in [0.15, 0.2) is 10.0 Å². The summed E-state index contributed by atoms with van der Waals surface area (Å²) >= 11 is 0.902. The Bertz CT molecular complexity index is 195. The molecule has 2 aliphatic rings. The first-order valence-electron chi connectivity index (χ1n) is 6.80. The minimum atomic E-state index is 0.902. The molecule has 0 unspecified atom stereocenters. The standard InChI is InChI=1S/C14H24Se/c1-2-4-6-8-10-14-13(11-12-15-14)9-7-5-3-1/h1-12H2. The van der Waals surface area contributed by atoms with Crippen molar-refractivity contribution in [3.63, 3.8) is 0 Å². The molecule has 0 aromatic carbocycles. The Morgan fingerprint density at radius 2 is 1.20 bits per heavy atom. The van der Waals surface area contributed by atoms with E-state index in [0.29, 0.717) is 0 Å². The van der Waals surface area contributed by atoms with Crippen molar-refractivity contribution in [2.24, 2.45) is 0 Å². The third kappa shape index (κ3) is 3.96. The number of hydrogen-bond donors (Lipinski definition) is 0. The first-order valence-corrected chi connectivity index (χ1v) is 8.87. The van der Waals surface area contributed by atoms with Crippen LogP contribution in [0.2, 0.25) is 5.32 Å². The molecule has 0 saturated carbocycles. The number of hydrogen-bond acceptors (Lipinski definition) is 0. The molecule has 0 bridgehead atoms. The fourth-order valence-electron chi connectivity index (χ4n) is 2.74. The fraction of sp³-hybridized carbons (Fsp3) is 0.857. The van der Waals surface area contributed by atoms with Crippen LogP contribution in [0, 0.1) is 0 Å². The zero-order valence-electron chi connectivity index (χ0n) is 9.89. The molecule has 0 radical (unpaired) electrons. The van der Waals surface area contributed by atoms with E-state index in [-0.39, 0.29) is 0 Å². The van der Waals surface area contributed by atoms with Crippen molar-refractivity contribution in [1.82, 2.24) is 0 Å². The molecule has 2 rings (SSSR count). The van der Waals surface area contributed by atoms with E-state index in [0.717, 1.165) is 15.0 Å². The van der Waals surface area contributed by atoms with Gasteiger partial charge in [-0.2, -0.15) is 0 Å². The van der Waals surface area contributed by atoms with Gasteiger partial charge in [0.2, 0.25) is 0 Å². The molecule has 0 fully saturated rings. The van der Waals surface area contributed by atoms with Crippen LogP contribution in [-0.4, -0.2) is 15.0 Å². The molecular formula is C14H24Se. The van der Waals surface area contributed by atoms with Gasteiger partial charge in [0, 0.05) is 0 Å². The van der Waals surface area contributed by atoms with E-state index < -0.39 is 0 Å². The third-order valence-corrected chi connectivity index (χ3v) is 6.33. The van der Waals surface area contributed by atoms with Gasteiger partial charge in [-0.15, -0.1) is 0 Å². The summed E-state index contributed by atoms with van der Waals surface area (Å²) < 4.78 is 1.93. The molecule has 0 nitrogen and oxygen atoms in total. The van der Waals surface area contributed by atoms with Crippen molar-refractivity contribution in [2.45, 2.75) is 75.9 Å². The number of rotatable bonds is 0. The summed E-state index contributed by atoms with van der Waals surface area (Å²) in [5.74, 6) is 0. The third-order valence-electron chi connectivity index (χ3n) is 3.71. The summed E-state index contributed by atoms with van der Waals surface area (Å²) in [5.41, 5.74) is 1.90. The monoisotopic (exact) mass is 272 g/mol. The molecule has 1 heterocycles. The van der Waals surface area contributed by atoms with Gasteiger partial charge >= 0.3 is 101 Å². The Kier molecular flexibility index (Phi) is 5.29. The molecule has 0 N–H and O–H groups in total. The molecule has 15 heavy (non-hydrogen) atoms. The first kappa shape index (κ1) is 11.7. The van der Waals surface area contributed by atoms with Crippen molar-refractivity contribution in [3.8, 4) is 0 Å². The van der Waals surface area contributed by atoms with E-state index in [4.69, 9.17) is 0 Å². The van der Waals surface area contributed by atoms with Gasteiger partial charge < -0.3 is 0 Å². The minimum absolute atomic E-state index is 0.902. The van der Waals surface area contributed by atoms with Crippen LogP contribution in [0.25, 0.3) is 0 Å². The summed E-state index contributed by atoms with van der Waals surface area (Å²) in [4.78, 5) is 0. The Hall–Kier alpha value is 0.259. The van der Waals surface area contributed by atoms with Crippen molar-refractivity contribution < 1.29 is 0 Å². The molecule has 1 aliphatic carbocycles. The number of allylic oxidation sites excluding steroid dienone is 2. The predicted molar refractivity (Wildman–Crippen MR) is 68.4 cm³/mol. The van der Waals surface area contributed by atoms with Crippen LogP contribution in [0.5, 0.6) is 0 Å². The van der Waals surface area contributed by atoms with Gasteiger partial charge in [-0.1, -0.05) is 0 Å². The van der Waals surface area contributed by atoms with Gasteiger partial charge in [0.25, 0.3) is 0 Å². The Morgan fingerprint density at radius 1 is 0.600 bits per heavy atom. The quantitative estimate of drug-likeness (QED) is 0.561. The molecule has 1 aliphatic heterocycles. The second-order valence-corrected chi connectivity index (χ2v) is 7.45. The maximum atomic E-state index is 1.93. The summed E-state index contributed by atoms with van der Waals surface area (Å²) in [6.45, 7) is 0. The van der Waals surface area contributed by atoms with E-state index in [9.17, 15) is 0 Å². The average Bonchev–Trinajstić information content (AvgIpc) is 2.65. The van der Waals surface area contributed by atoms with Gasteiger partial charge in [-0.25, -0.2) is 0 Å². The predicted octanol–water partition coefficient (Wildman–Crippen LogP) is 4.68. The molecule has 0 aromatic heterocycles. The van der Waals surface area contributed by atoms with Gasteiger partial charge in [-0.3, -0.25) is 0 Å². The fourth-order valence-corrected chi connectivity index (χ4v) is 5.45. The van der Waals surface area contributed by atoms with Crippen molar-refractivity contribution >= 4 is 15.0 Å². The second kappa shape index (κ2) is 6.76. The van der Waals surface area contributed by atoms with Crippen molar-refractivity contribution in [3.05, 3.63) is 10.0 Å². The zero-order valence-corrected chi connectivity index (χ0v) is 11.6. The van der Waals surface area contributed by atoms with Crippen LogP contribution in [0.1, 0.15) is 70.6 Å². The maximum absolute atomic E-state index is 1.93. The van der Waals surface area contributed by atoms with E-state index in [1.54, 1.807) is 0 Å². The summed E-state index contributed by atoms with van der Waals surface area (Å²) in [6.07, 6.45) is 16.3. The first-order chi connectivity index (χ1) is 7.47. The summed E-state index contributed by atoms with van der Waals surface area (Å²) in [5, 5.41) is 1.53. The summed E-state index contributed by atoms with van der Waals surface area (Å²) in [7, 11) is 0. The van der Waals surface area contributed by atoms with Gasteiger partial charge in [0.05, 0.1) is 0 Å². The van der Waals surface area contributed by atoms with Gasteiger partial charge in [-0.05, 0) is 0 Å². The molecule has 0 spiro atoms. The van der Waals surface area contributed by atoms with Crippen LogP contribution in [-0.2, 0) is 0 Å². The Labute approximate surface area is 101 Å². The zero-order chi connectivity index (χ0) is 10.3. The topological polar surface area (TPSA) is 0 Å². The summed E-state index contributed by atoms with van der Waals surface area (Å²) in [6, 6.07) is 0. The van der Waals surface area contributed by atoms with Crippen LogP contribution in [0.3, 0.4) is 0 Å². The normalized spacial score (nSPS) is 25.6. The molecule has 1 heteroatoms. The van der Waals surface area contributed by atoms with Crippen LogP contribution < -0.4 is 0 Å². The Morgan fingerprint density at radius 3 is 1.93 bits per heavy atom. The van der Waals surface area contributed by atoms with Gasteiger partial charge in [0.15, 0.2) is 0 Å². The van der Waals surface area contributed by atoms with E-state index in [2.05, 4.69) is 0 Å². The van der Waals surface area contributed by atoms with E-state index in [1.165, 1.54) is 75.9 Å². The van der Waals surface area contributed by atoms with Gasteiger partial charge in [0.1, 0.15) is 0 Å². The van der Waals surface area contributed by atoms with Crippen LogP contribution >= 0.6 is 0 Å². The average molecular weight is 271 g/mol. The van der Waals surface area contributed by atoms with Crippen molar-refractivity contribution in [1.29, 1.82) is 0 Å². The molecule has 0 aromatic rings. The molecular weight excluding hydrogens is 247 g/mol. The Balaban J connectivity index is 1.86. The molecule has 0 amide bonds. The van der Waals surface area contributed by atoms with Crippen molar-refractivity contribution in [2.75, 3.05) is 0 Å². The molecule has 86 valence electrons.